The predicted octanol–water partition coefficient (Wildman–Crippen LogP) is 4.03. The Kier molecular flexibility index (Phi) is 7.50. The molecule has 12 heteroatoms. The standard InChI is InChI=1S/C23H43N5O5Si2/c1-22(2,3)34(8,9)31-12-14-16(33-35(10,11)23(4,5)6)17(30-7)20(32-14)28-13-25-15-18(28)26-21(24)27-19(15)29/h13-14,16-17,20H,12H2,1-11H3,(H3,24,26,27,29)/t14-,16?,17-,20-/m1/s1. The zero-order valence-corrected chi connectivity index (χ0v) is 25.1. The number of aromatic nitrogens is 4. The molecule has 3 rings (SSSR count). The topological polar surface area (TPSA) is 127 Å². The van der Waals surface area contributed by atoms with Gasteiger partial charge in [0.05, 0.1) is 12.9 Å². The van der Waals surface area contributed by atoms with E-state index in [2.05, 4.69) is 82.7 Å². The van der Waals surface area contributed by atoms with Gasteiger partial charge in [0.25, 0.3) is 5.56 Å². The first kappa shape index (κ1) is 28.0. The third-order valence-electron chi connectivity index (χ3n) is 7.93. The van der Waals surface area contributed by atoms with Crippen molar-refractivity contribution in [2.24, 2.45) is 0 Å². The fraction of sp³-hybridized carbons (Fsp3) is 0.783. The van der Waals surface area contributed by atoms with Gasteiger partial charge in [-0.25, -0.2) is 4.98 Å². The Labute approximate surface area is 210 Å². The Bertz CT molecular complexity index is 1100. The van der Waals surface area contributed by atoms with Gasteiger partial charge in [-0.15, -0.1) is 0 Å². The van der Waals surface area contributed by atoms with Crippen molar-refractivity contribution in [2.45, 2.75) is 102 Å². The van der Waals surface area contributed by atoms with E-state index in [-0.39, 0.29) is 33.7 Å². The fourth-order valence-electron chi connectivity index (χ4n) is 3.61. The lowest BCUT2D eigenvalue weighted by Crippen LogP contribution is -2.51. The third-order valence-corrected chi connectivity index (χ3v) is 16.9. The largest absolute Gasteiger partial charge is 0.414 e. The van der Waals surface area contributed by atoms with E-state index < -0.39 is 34.5 Å². The molecule has 2 aromatic heterocycles. The van der Waals surface area contributed by atoms with Gasteiger partial charge in [0.15, 0.2) is 34.0 Å². The van der Waals surface area contributed by atoms with Crippen LogP contribution < -0.4 is 11.3 Å². The summed E-state index contributed by atoms with van der Waals surface area (Å²) in [5, 5.41) is 0.0592. The van der Waals surface area contributed by atoms with E-state index in [9.17, 15) is 4.79 Å². The number of H-pyrrole nitrogens is 1. The van der Waals surface area contributed by atoms with Crippen LogP contribution in [0.15, 0.2) is 11.1 Å². The summed E-state index contributed by atoms with van der Waals surface area (Å²) in [5.41, 5.74) is 5.97. The molecule has 1 aliphatic heterocycles. The van der Waals surface area contributed by atoms with Crippen LogP contribution in [0.5, 0.6) is 0 Å². The summed E-state index contributed by atoms with van der Waals surface area (Å²) < 4.78 is 27.7. The summed E-state index contributed by atoms with van der Waals surface area (Å²) in [6.45, 7) is 22.5. The number of aromatic amines is 1. The molecule has 1 saturated heterocycles. The number of fused-ring (bicyclic) bond motifs is 1. The first-order chi connectivity index (χ1) is 15.9. The molecule has 0 spiro atoms. The van der Waals surface area contributed by atoms with Gasteiger partial charge in [-0.05, 0) is 36.3 Å². The van der Waals surface area contributed by atoms with Gasteiger partial charge in [0, 0.05) is 7.11 Å². The molecule has 3 N–H and O–H groups in total. The molecule has 0 radical (unpaired) electrons. The molecule has 3 heterocycles. The van der Waals surface area contributed by atoms with Crippen molar-refractivity contribution in [3.8, 4) is 0 Å². The molecule has 0 amide bonds. The first-order valence-electron chi connectivity index (χ1n) is 12.1. The van der Waals surface area contributed by atoms with Crippen LogP contribution in [0, 0.1) is 0 Å². The molecule has 1 aliphatic rings. The Morgan fingerprint density at radius 3 is 2.23 bits per heavy atom. The lowest BCUT2D eigenvalue weighted by molar-refractivity contribution is -0.0570. The SMILES string of the molecule is CO[C@@H]1C(O[Si](C)(C)C(C)(C)C)[C@@H](CO[Si](C)(C)C(C)(C)C)O[C@H]1n1cnc2c(=O)[nH]c(N)nc21. The van der Waals surface area contributed by atoms with Crippen molar-refractivity contribution in [2.75, 3.05) is 19.5 Å². The lowest BCUT2D eigenvalue weighted by Gasteiger charge is -2.41. The van der Waals surface area contributed by atoms with Gasteiger partial charge in [0.1, 0.15) is 18.3 Å². The van der Waals surface area contributed by atoms with Crippen molar-refractivity contribution in [3.05, 3.63) is 16.7 Å². The molecule has 0 saturated carbocycles. The average Bonchev–Trinajstić information content (AvgIpc) is 3.25. The summed E-state index contributed by atoms with van der Waals surface area (Å²) in [5.74, 6) is 0.0168. The number of rotatable bonds is 7. The summed E-state index contributed by atoms with van der Waals surface area (Å²) in [6, 6.07) is 0. The molecule has 198 valence electrons. The highest BCUT2D eigenvalue weighted by molar-refractivity contribution is 6.74. The van der Waals surface area contributed by atoms with Gasteiger partial charge < -0.3 is 24.1 Å². The Hall–Kier alpha value is -1.58. The maximum atomic E-state index is 12.4. The second-order valence-corrected chi connectivity index (χ2v) is 22.0. The normalized spacial score (nSPS) is 24.4. The molecule has 0 bridgehead atoms. The maximum absolute atomic E-state index is 12.4. The second kappa shape index (κ2) is 9.38. The number of nitrogens with two attached hydrogens (primary N) is 1. The molecule has 1 unspecified atom stereocenters. The zero-order chi connectivity index (χ0) is 26.6. The number of hydrogen-bond acceptors (Lipinski definition) is 8. The van der Waals surface area contributed by atoms with E-state index >= 15 is 0 Å². The number of nitrogen functional groups attached to an aromatic ring is 1. The minimum Gasteiger partial charge on any atom is -0.414 e. The summed E-state index contributed by atoms with van der Waals surface area (Å²) in [7, 11) is -2.58. The van der Waals surface area contributed by atoms with Crippen LogP contribution in [-0.2, 0) is 18.3 Å². The lowest BCUT2D eigenvalue weighted by atomic mass is 10.1. The van der Waals surface area contributed by atoms with Crippen LogP contribution in [0.25, 0.3) is 11.2 Å². The zero-order valence-electron chi connectivity index (χ0n) is 23.1. The highest BCUT2D eigenvalue weighted by Crippen LogP contribution is 2.43. The van der Waals surface area contributed by atoms with Crippen LogP contribution in [0.4, 0.5) is 5.95 Å². The van der Waals surface area contributed by atoms with Crippen LogP contribution >= 0.6 is 0 Å². The quantitative estimate of drug-likeness (QED) is 0.519. The fourth-order valence-corrected chi connectivity index (χ4v) is 5.95. The van der Waals surface area contributed by atoms with Gasteiger partial charge in [-0.1, -0.05) is 41.5 Å². The highest BCUT2D eigenvalue weighted by Gasteiger charge is 2.52. The van der Waals surface area contributed by atoms with E-state index in [0.717, 1.165) is 0 Å². The van der Waals surface area contributed by atoms with Crippen molar-refractivity contribution < 1.29 is 18.3 Å². The summed E-state index contributed by atoms with van der Waals surface area (Å²) in [4.78, 5) is 23.4. The summed E-state index contributed by atoms with van der Waals surface area (Å²) >= 11 is 0. The minimum atomic E-state index is -2.19. The number of nitrogens with one attached hydrogen (secondary N) is 1. The van der Waals surface area contributed by atoms with Crippen LogP contribution in [0.3, 0.4) is 0 Å². The molecule has 35 heavy (non-hydrogen) atoms. The van der Waals surface area contributed by atoms with Crippen LogP contribution in [0.2, 0.25) is 36.3 Å². The summed E-state index contributed by atoms with van der Waals surface area (Å²) in [6.07, 6.45) is -0.264. The number of anilines is 1. The predicted molar refractivity (Wildman–Crippen MR) is 142 cm³/mol. The van der Waals surface area contributed by atoms with Gasteiger partial charge in [-0.3, -0.25) is 14.3 Å². The van der Waals surface area contributed by atoms with E-state index in [1.54, 1.807) is 18.0 Å². The van der Waals surface area contributed by atoms with Crippen LogP contribution in [-0.4, -0.2) is 68.2 Å². The third kappa shape index (κ3) is 5.42. The van der Waals surface area contributed by atoms with Crippen molar-refractivity contribution in [1.29, 1.82) is 0 Å². The Balaban J connectivity index is 2.02. The number of ether oxygens (including phenoxy) is 2. The molecule has 2 aromatic rings. The van der Waals surface area contributed by atoms with E-state index in [4.69, 9.17) is 24.1 Å². The van der Waals surface area contributed by atoms with Crippen LogP contribution in [0.1, 0.15) is 47.8 Å². The molecule has 1 fully saturated rings. The smallest absolute Gasteiger partial charge is 0.280 e. The first-order valence-corrected chi connectivity index (χ1v) is 17.9. The van der Waals surface area contributed by atoms with Gasteiger partial charge in [0.2, 0.25) is 5.95 Å². The number of methoxy groups -OCH3 is 1. The highest BCUT2D eigenvalue weighted by atomic mass is 28.4. The average molecular weight is 526 g/mol. The van der Waals surface area contributed by atoms with Crippen molar-refractivity contribution in [3.63, 3.8) is 0 Å². The van der Waals surface area contributed by atoms with E-state index in [1.807, 2.05) is 0 Å². The molecule has 0 aliphatic carbocycles. The Morgan fingerprint density at radius 1 is 1.09 bits per heavy atom. The van der Waals surface area contributed by atoms with E-state index in [1.165, 1.54) is 0 Å². The number of hydrogen-bond donors (Lipinski definition) is 2. The molecule has 0 aromatic carbocycles. The minimum absolute atomic E-state index is 0.000776. The number of imidazole rings is 1. The Morgan fingerprint density at radius 2 is 1.69 bits per heavy atom. The van der Waals surface area contributed by atoms with Gasteiger partial charge >= 0.3 is 0 Å². The molecular formula is C23H43N5O5Si2. The molecule has 10 nitrogen and oxygen atoms in total. The maximum Gasteiger partial charge on any atom is 0.280 e. The van der Waals surface area contributed by atoms with Crippen molar-refractivity contribution >= 4 is 33.7 Å². The number of nitrogens with zero attached hydrogens (tertiary/aromatic N) is 3. The second-order valence-electron chi connectivity index (χ2n) is 12.5. The monoisotopic (exact) mass is 525 g/mol. The van der Waals surface area contributed by atoms with Crippen molar-refractivity contribution in [1.82, 2.24) is 19.5 Å². The molecular weight excluding hydrogens is 482 g/mol. The van der Waals surface area contributed by atoms with Gasteiger partial charge in [-0.2, -0.15) is 4.98 Å². The van der Waals surface area contributed by atoms with E-state index in [0.29, 0.717) is 12.3 Å². The molecule has 4 atom stereocenters.